The van der Waals surface area contributed by atoms with Crippen LogP contribution in [-0.2, 0) is 18.1 Å². The smallest absolute Gasteiger partial charge is 0.287 e. The molecule has 0 aliphatic carbocycles. The van der Waals surface area contributed by atoms with Crippen LogP contribution in [0.2, 0.25) is 0 Å². The lowest BCUT2D eigenvalue weighted by Gasteiger charge is -2.18. The Morgan fingerprint density at radius 3 is 0.778 bits per heavy atom. The van der Waals surface area contributed by atoms with E-state index in [1.54, 1.807) is 0 Å². The largest absolute Gasteiger partial charge is 0.474 e. The first-order chi connectivity index (χ1) is 17.2. The molecule has 0 aliphatic rings. The number of hydrogen-bond donors (Lipinski definition) is 0. The summed E-state index contributed by atoms with van der Waals surface area (Å²) in [6, 6.07) is 0. The van der Waals surface area contributed by atoms with Gasteiger partial charge >= 0.3 is 7.82 Å². The standard InChI is InChI=1S/C30H63O4P.Al.3H/c1-4-7-10-13-16-19-22-25-28-32-35(31,33-29-26-23-20-17-14-11-8-5-2)34-30-27-24-21-18-15-12-9-6-3;;;;/h4-30H2,1-3H3;;;;. The molecule has 36 heavy (non-hydrogen) atoms. The molecule has 218 valence electrons. The highest BCUT2D eigenvalue weighted by Crippen LogP contribution is 2.50. The average molecular weight is 549 g/mol. The molecule has 0 aromatic carbocycles. The molecule has 0 rings (SSSR count). The zero-order chi connectivity index (χ0) is 25.7. The minimum Gasteiger partial charge on any atom is -0.287 e. The molecule has 6 heteroatoms. The lowest BCUT2D eigenvalue weighted by Crippen LogP contribution is -2.04. The molecule has 0 amide bonds. The third-order valence-electron chi connectivity index (χ3n) is 6.74. The van der Waals surface area contributed by atoms with Gasteiger partial charge in [-0.1, -0.05) is 156 Å². The highest BCUT2D eigenvalue weighted by Gasteiger charge is 2.26. The van der Waals surface area contributed by atoms with Gasteiger partial charge in [-0.15, -0.1) is 0 Å². The van der Waals surface area contributed by atoms with Crippen molar-refractivity contribution >= 4 is 25.2 Å². The summed E-state index contributed by atoms with van der Waals surface area (Å²) in [6.45, 7) is 8.18. The van der Waals surface area contributed by atoms with Crippen LogP contribution in [0.15, 0.2) is 0 Å². The van der Waals surface area contributed by atoms with Gasteiger partial charge in [-0.2, -0.15) is 0 Å². The molecule has 0 bridgehead atoms. The van der Waals surface area contributed by atoms with Gasteiger partial charge in [-0.3, -0.25) is 13.6 Å². The van der Waals surface area contributed by atoms with Crippen LogP contribution >= 0.6 is 7.82 Å². The molecule has 0 atom stereocenters. The second kappa shape index (κ2) is 31.9. The maximum atomic E-state index is 13.2. The SMILES string of the molecule is CCCCCCCCCCOP(=O)(OCCCCCCCCCC)OCCCCCCCCCC.[AlH3]. The van der Waals surface area contributed by atoms with Crippen molar-refractivity contribution in [3.8, 4) is 0 Å². The van der Waals surface area contributed by atoms with E-state index in [-0.39, 0.29) is 17.4 Å². The quantitative estimate of drug-likeness (QED) is 0.0509. The van der Waals surface area contributed by atoms with E-state index in [4.69, 9.17) is 13.6 Å². The summed E-state index contributed by atoms with van der Waals surface area (Å²) in [5.41, 5.74) is 0. The Bertz CT molecular complexity index is 389. The van der Waals surface area contributed by atoms with E-state index in [1.165, 1.54) is 116 Å². The van der Waals surface area contributed by atoms with Gasteiger partial charge in [0.25, 0.3) is 0 Å². The fourth-order valence-corrected chi connectivity index (χ4v) is 5.63. The number of phosphoric ester groups is 1. The van der Waals surface area contributed by atoms with Crippen LogP contribution < -0.4 is 0 Å². The van der Waals surface area contributed by atoms with E-state index in [9.17, 15) is 4.57 Å². The number of rotatable bonds is 30. The van der Waals surface area contributed by atoms with Crippen LogP contribution in [0.4, 0.5) is 0 Å². The molecule has 0 saturated heterocycles. The molecule has 0 unspecified atom stereocenters. The Morgan fingerprint density at radius 2 is 0.556 bits per heavy atom. The number of unbranched alkanes of at least 4 members (excludes halogenated alkanes) is 21. The van der Waals surface area contributed by atoms with Crippen molar-refractivity contribution in [2.24, 2.45) is 0 Å². The molecule has 0 heterocycles. The predicted molar refractivity (Wildman–Crippen MR) is 163 cm³/mol. The summed E-state index contributed by atoms with van der Waals surface area (Å²) >= 11 is 0. The summed E-state index contributed by atoms with van der Waals surface area (Å²) < 4.78 is 30.4. The summed E-state index contributed by atoms with van der Waals surface area (Å²) in [4.78, 5) is 0. The predicted octanol–water partition coefficient (Wildman–Crippen LogP) is 10.4. The lowest BCUT2D eigenvalue weighted by atomic mass is 10.1. The van der Waals surface area contributed by atoms with Crippen LogP contribution in [0.1, 0.15) is 175 Å². The Hall–Kier alpha value is 0.642. The first kappa shape index (κ1) is 38.8. The summed E-state index contributed by atoms with van der Waals surface area (Å²) in [5, 5.41) is 0. The van der Waals surface area contributed by atoms with E-state index in [2.05, 4.69) is 20.8 Å². The highest BCUT2D eigenvalue weighted by atomic mass is 31.2. The summed E-state index contributed by atoms with van der Waals surface area (Å²) in [7, 11) is -3.43. The van der Waals surface area contributed by atoms with Crippen molar-refractivity contribution in [1.82, 2.24) is 0 Å². The fourth-order valence-electron chi connectivity index (χ4n) is 4.35. The molecular formula is C30H66AlO4P. The van der Waals surface area contributed by atoms with Gasteiger partial charge in [0.2, 0.25) is 0 Å². The van der Waals surface area contributed by atoms with Crippen LogP contribution in [0.3, 0.4) is 0 Å². The van der Waals surface area contributed by atoms with Gasteiger partial charge < -0.3 is 0 Å². The van der Waals surface area contributed by atoms with Gasteiger partial charge in [0.15, 0.2) is 17.4 Å². The van der Waals surface area contributed by atoms with Gasteiger partial charge in [0.1, 0.15) is 0 Å². The molecule has 0 fully saturated rings. The topological polar surface area (TPSA) is 44.8 Å². The molecule has 0 aliphatic heterocycles. The van der Waals surface area contributed by atoms with Gasteiger partial charge in [-0.05, 0) is 19.3 Å². The molecule has 4 nitrogen and oxygen atoms in total. The van der Waals surface area contributed by atoms with Gasteiger partial charge in [0, 0.05) is 0 Å². The molecule has 0 radical (unpaired) electrons. The van der Waals surface area contributed by atoms with Crippen LogP contribution in [0, 0.1) is 0 Å². The third-order valence-corrected chi connectivity index (χ3v) is 8.24. The van der Waals surface area contributed by atoms with Crippen molar-refractivity contribution in [3.63, 3.8) is 0 Å². The van der Waals surface area contributed by atoms with Crippen molar-refractivity contribution in [2.75, 3.05) is 19.8 Å². The Balaban J connectivity index is 0. The second-order valence-electron chi connectivity index (χ2n) is 10.4. The zero-order valence-electron chi connectivity index (χ0n) is 24.2. The lowest BCUT2D eigenvalue weighted by molar-refractivity contribution is 0.108. The number of phosphoric acid groups is 1. The Kier molecular flexibility index (Phi) is 34.3. The van der Waals surface area contributed by atoms with E-state index < -0.39 is 7.82 Å². The number of hydrogen-bond acceptors (Lipinski definition) is 4. The van der Waals surface area contributed by atoms with E-state index in [0.717, 1.165) is 38.5 Å². The van der Waals surface area contributed by atoms with E-state index in [1.807, 2.05) is 0 Å². The second-order valence-corrected chi connectivity index (χ2v) is 12.0. The van der Waals surface area contributed by atoms with Crippen molar-refractivity contribution < 1.29 is 18.1 Å². The monoisotopic (exact) mass is 548 g/mol. The average Bonchev–Trinajstić information content (AvgIpc) is 2.86. The third kappa shape index (κ3) is 29.2. The molecule has 0 N–H and O–H groups in total. The Morgan fingerprint density at radius 1 is 0.361 bits per heavy atom. The van der Waals surface area contributed by atoms with Crippen LogP contribution in [0.25, 0.3) is 0 Å². The first-order valence-corrected chi connectivity index (χ1v) is 17.2. The summed E-state index contributed by atoms with van der Waals surface area (Å²) in [5.74, 6) is 0. The van der Waals surface area contributed by atoms with Crippen molar-refractivity contribution in [3.05, 3.63) is 0 Å². The molecular weight excluding hydrogens is 482 g/mol. The minimum absolute atomic E-state index is 0. The molecule has 0 spiro atoms. The zero-order valence-corrected chi connectivity index (χ0v) is 25.1. The summed E-state index contributed by atoms with van der Waals surface area (Å²) in [6.07, 6.45) is 29.7. The first-order valence-electron chi connectivity index (χ1n) is 15.7. The van der Waals surface area contributed by atoms with Gasteiger partial charge in [0.05, 0.1) is 19.8 Å². The molecule has 0 saturated carbocycles. The minimum atomic E-state index is -3.43. The van der Waals surface area contributed by atoms with Crippen molar-refractivity contribution in [2.45, 2.75) is 175 Å². The van der Waals surface area contributed by atoms with Gasteiger partial charge in [-0.25, -0.2) is 4.57 Å². The molecule has 0 aromatic heterocycles. The Labute approximate surface area is 237 Å². The van der Waals surface area contributed by atoms with E-state index in [0.29, 0.717) is 19.8 Å². The fraction of sp³-hybridized carbons (Fsp3) is 1.00. The van der Waals surface area contributed by atoms with E-state index >= 15 is 0 Å². The van der Waals surface area contributed by atoms with Crippen molar-refractivity contribution in [1.29, 1.82) is 0 Å². The maximum absolute atomic E-state index is 13.2. The van der Waals surface area contributed by atoms with Crippen LogP contribution in [0.5, 0.6) is 0 Å². The van der Waals surface area contributed by atoms with Crippen LogP contribution in [-0.4, -0.2) is 37.2 Å². The maximum Gasteiger partial charge on any atom is 0.474 e. The molecule has 0 aromatic rings. The normalized spacial score (nSPS) is 11.6. The highest BCUT2D eigenvalue weighted by molar-refractivity contribution is 7.48.